The van der Waals surface area contributed by atoms with E-state index < -0.39 is 12.0 Å². The van der Waals surface area contributed by atoms with Crippen molar-refractivity contribution < 1.29 is 9.90 Å². The van der Waals surface area contributed by atoms with Crippen LogP contribution in [0.3, 0.4) is 0 Å². The highest BCUT2D eigenvalue weighted by Gasteiger charge is 2.15. The third-order valence-electron chi connectivity index (χ3n) is 1.29. The molecule has 0 aromatic heterocycles. The SMILES string of the molecule is CC(C)NC(CCN)C(=O)O. The lowest BCUT2D eigenvalue weighted by Crippen LogP contribution is -2.42. The lowest BCUT2D eigenvalue weighted by molar-refractivity contribution is -0.139. The average Bonchev–Trinajstić information content (AvgIpc) is 1.86. The molecule has 0 fully saturated rings. The summed E-state index contributed by atoms with van der Waals surface area (Å²) in [6.07, 6.45) is 0.480. The third kappa shape index (κ3) is 4.75. The highest BCUT2D eigenvalue weighted by atomic mass is 16.4. The van der Waals surface area contributed by atoms with Crippen molar-refractivity contribution in [2.75, 3.05) is 6.54 Å². The van der Waals surface area contributed by atoms with E-state index in [2.05, 4.69) is 5.32 Å². The Balaban J connectivity index is 3.79. The fraction of sp³-hybridized carbons (Fsp3) is 0.857. The summed E-state index contributed by atoms with van der Waals surface area (Å²) in [6.45, 7) is 4.22. The first-order chi connectivity index (χ1) is 5.07. The molecule has 4 N–H and O–H groups in total. The van der Waals surface area contributed by atoms with E-state index in [4.69, 9.17) is 10.8 Å². The van der Waals surface area contributed by atoms with Crippen LogP contribution in [0.1, 0.15) is 20.3 Å². The first-order valence-electron chi connectivity index (χ1n) is 3.76. The molecule has 0 aromatic carbocycles. The molecule has 0 rings (SSSR count). The number of nitrogens with one attached hydrogen (secondary N) is 1. The Kier molecular flexibility index (Phi) is 4.81. The van der Waals surface area contributed by atoms with Crippen molar-refractivity contribution in [2.24, 2.45) is 5.73 Å². The summed E-state index contributed by atoms with van der Waals surface area (Å²) in [5.41, 5.74) is 5.24. The molecule has 4 heteroatoms. The second-order valence-electron chi connectivity index (χ2n) is 2.79. The molecular weight excluding hydrogens is 144 g/mol. The van der Waals surface area contributed by atoms with Gasteiger partial charge in [0, 0.05) is 6.04 Å². The van der Waals surface area contributed by atoms with Crippen LogP contribution in [0.25, 0.3) is 0 Å². The molecule has 0 radical (unpaired) electrons. The van der Waals surface area contributed by atoms with Crippen LogP contribution in [0.15, 0.2) is 0 Å². The minimum Gasteiger partial charge on any atom is -0.480 e. The Labute approximate surface area is 66.8 Å². The van der Waals surface area contributed by atoms with Gasteiger partial charge in [-0.05, 0) is 13.0 Å². The van der Waals surface area contributed by atoms with Gasteiger partial charge < -0.3 is 16.2 Å². The van der Waals surface area contributed by atoms with Crippen molar-refractivity contribution in [2.45, 2.75) is 32.4 Å². The molecule has 66 valence electrons. The van der Waals surface area contributed by atoms with E-state index in [0.29, 0.717) is 13.0 Å². The first-order valence-corrected chi connectivity index (χ1v) is 3.76. The fourth-order valence-electron chi connectivity index (χ4n) is 0.847. The predicted octanol–water partition coefficient (Wildman–Crippen LogP) is -0.214. The molecule has 0 heterocycles. The average molecular weight is 160 g/mol. The minimum absolute atomic E-state index is 0.183. The summed E-state index contributed by atoms with van der Waals surface area (Å²) in [7, 11) is 0. The molecular formula is C7H16N2O2. The standard InChI is InChI=1S/C7H16N2O2/c1-5(2)9-6(3-4-8)7(10)11/h5-6,9H,3-4,8H2,1-2H3,(H,10,11). The van der Waals surface area contributed by atoms with Crippen LogP contribution in [0, 0.1) is 0 Å². The smallest absolute Gasteiger partial charge is 0.320 e. The van der Waals surface area contributed by atoms with Gasteiger partial charge in [-0.3, -0.25) is 4.79 Å². The van der Waals surface area contributed by atoms with Gasteiger partial charge >= 0.3 is 5.97 Å². The van der Waals surface area contributed by atoms with Crippen LogP contribution >= 0.6 is 0 Å². The molecule has 0 aliphatic carbocycles. The number of rotatable bonds is 5. The molecule has 0 aliphatic rings. The van der Waals surface area contributed by atoms with Crippen molar-refractivity contribution in [3.05, 3.63) is 0 Å². The van der Waals surface area contributed by atoms with Gasteiger partial charge in [-0.1, -0.05) is 13.8 Å². The Hall–Kier alpha value is -0.610. The van der Waals surface area contributed by atoms with Crippen molar-refractivity contribution in [1.29, 1.82) is 0 Å². The molecule has 0 saturated carbocycles. The molecule has 0 aromatic rings. The van der Waals surface area contributed by atoms with Gasteiger partial charge in [-0.2, -0.15) is 0 Å². The summed E-state index contributed by atoms with van der Waals surface area (Å²) < 4.78 is 0. The van der Waals surface area contributed by atoms with Crippen molar-refractivity contribution in [1.82, 2.24) is 5.32 Å². The maximum absolute atomic E-state index is 10.5. The van der Waals surface area contributed by atoms with E-state index in [9.17, 15) is 4.79 Å². The Bertz CT molecular complexity index is 126. The number of carboxylic acids is 1. The maximum atomic E-state index is 10.5. The van der Waals surface area contributed by atoms with Crippen molar-refractivity contribution in [3.63, 3.8) is 0 Å². The van der Waals surface area contributed by atoms with E-state index >= 15 is 0 Å². The van der Waals surface area contributed by atoms with Gasteiger partial charge in [0.25, 0.3) is 0 Å². The van der Waals surface area contributed by atoms with Crippen LogP contribution in [-0.2, 0) is 4.79 Å². The van der Waals surface area contributed by atoms with E-state index in [1.807, 2.05) is 13.8 Å². The molecule has 4 nitrogen and oxygen atoms in total. The van der Waals surface area contributed by atoms with E-state index in [1.165, 1.54) is 0 Å². The zero-order chi connectivity index (χ0) is 8.85. The molecule has 0 aliphatic heterocycles. The second-order valence-corrected chi connectivity index (χ2v) is 2.79. The van der Waals surface area contributed by atoms with Gasteiger partial charge in [-0.25, -0.2) is 0 Å². The topological polar surface area (TPSA) is 75.3 Å². The zero-order valence-electron chi connectivity index (χ0n) is 7.00. The Morgan fingerprint density at radius 2 is 2.18 bits per heavy atom. The maximum Gasteiger partial charge on any atom is 0.320 e. The number of hydrogen-bond acceptors (Lipinski definition) is 3. The first kappa shape index (κ1) is 10.4. The molecule has 0 spiro atoms. The lowest BCUT2D eigenvalue weighted by atomic mass is 10.2. The largest absolute Gasteiger partial charge is 0.480 e. The van der Waals surface area contributed by atoms with Crippen LogP contribution < -0.4 is 11.1 Å². The number of carboxylic acid groups (broad SMARTS) is 1. The zero-order valence-corrected chi connectivity index (χ0v) is 7.00. The van der Waals surface area contributed by atoms with E-state index in [-0.39, 0.29) is 6.04 Å². The van der Waals surface area contributed by atoms with Gasteiger partial charge in [-0.15, -0.1) is 0 Å². The normalized spacial score (nSPS) is 13.5. The fourth-order valence-corrected chi connectivity index (χ4v) is 0.847. The lowest BCUT2D eigenvalue weighted by Gasteiger charge is -2.15. The Morgan fingerprint density at radius 1 is 1.64 bits per heavy atom. The number of carbonyl (C=O) groups is 1. The van der Waals surface area contributed by atoms with Gasteiger partial charge in [0.15, 0.2) is 0 Å². The highest BCUT2D eigenvalue weighted by molar-refractivity contribution is 5.73. The summed E-state index contributed by atoms with van der Waals surface area (Å²) in [5.74, 6) is -0.829. The molecule has 1 unspecified atom stereocenters. The van der Waals surface area contributed by atoms with Gasteiger partial charge in [0.05, 0.1) is 0 Å². The van der Waals surface area contributed by atoms with Crippen LogP contribution in [-0.4, -0.2) is 29.7 Å². The van der Waals surface area contributed by atoms with Crippen LogP contribution in [0.2, 0.25) is 0 Å². The molecule has 0 bridgehead atoms. The van der Waals surface area contributed by atoms with E-state index in [0.717, 1.165) is 0 Å². The summed E-state index contributed by atoms with van der Waals surface area (Å²) in [4.78, 5) is 10.5. The molecule has 0 saturated heterocycles. The molecule has 11 heavy (non-hydrogen) atoms. The monoisotopic (exact) mass is 160 g/mol. The molecule has 1 atom stereocenters. The van der Waals surface area contributed by atoms with Gasteiger partial charge in [0.1, 0.15) is 6.04 Å². The second kappa shape index (κ2) is 5.09. The number of hydrogen-bond donors (Lipinski definition) is 3. The Morgan fingerprint density at radius 3 is 2.45 bits per heavy atom. The summed E-state index contributed by atoms with van der Waals surface area (Å²) in [5, 5.41) is 11.5. The van der Waals surface area contributed by atoms with Crippen LogP contribution in [0.4, 0.5) is 0 Å². The summed E-state index contributed by atoms with van der Waals surface area (Å²) >= 11 is 0. The van der Waals surface area contributed by atoms with Crippen LogP contribution in [0.5, 0.6) is 0 Å². The van der Waals surface area contributed by atoms with Crippen molar-refractivity contribution >= 4 is 5.97 Å². The highest BCUT2D eigenvalue weighted by Crippen LogP contribution is 1.92. The quantitative estimate of drug-likeness (QED) is 0.520. The summed E-state index contributed by atoms with van der Waals surface area (Å²) in [6, 6.07) is -0.317. The number of nitrogens with two attached hydrogens (primary N) is 1. The van der Waals surface area contributed by atoms with E-state index in [1.54, 1.807) is 0 Å². The third-order valence-corrected chi connectivity index (χ3v) is 1.29. The van der Waals surface area contributed by atoms with Crippen molar-refractivity contribution in [3.8, 4) is 0 Å². The predicted molar refractivity (Wildman–Crippen MR) is 43.4 cm³/mol. The number of aliphatic carboxylic acids is 1. The van der Waals surface area contributed by atoms with Gasteiger partial charge in [0.2, 0.25) is 0 Å². The molecule has 0 amide bonds. The minimum atomic E-state index is -0.829.